The minimum Gasteiger partial charge on any atom is -0.300 e. The molecule has 1 saturated heterocycles. The van der Waals surface area contributed by atoms with Crippen LogP contribution in [0.25, 0.3) is 6.08 Å². The summed E-state index contributed by atoms with van der Waals surface area (Å²) in [6.45, 7) is 0. The molecule has 0 radical (unpaired) electrons. The quantitative estimate of drug-likeness (QED) is 0.846. The molecule has 1 fully saturated rings. The Bertz CT molecular complexity index is 814. The van der Waals surface area contributed by atoms with Gasteiger partial charge in [0.05, 0.1) is 4.91 Å². The number of carbonyl (C=O) groups is 2. The Morgan fingerprint density at radius 1 is 1.09 bits per heavy atom. The van der Waals surface area contributed by atoms with Gasteiger partial charge in [0, 0.05) is 10.6 Å². The molecule has 3 rings (SSSR count). The zero-order chi connectivity index (χ0) is 16.2. The monoisotopic (exact) mass is 342 g/mol. The van der Waals surface area contributed by atoms with Crippen LogP contribution in [0.15, 0.2) is 64.5 Å². The minimum absolute atomic E-state index is 0.274. The van der Waals surface area contributed by atoms with E-state index in [1.807, 2.05) is 18.2 Å². The standard InChI is InChI=1S/C17H11ClN2O2S/c18-13-8-6-11(7-9-13)10-14-16(22)20-17(23-14)19-15(21)12-4-2-1-3-5-12/h1-10H,(H,19,20,21,22)/b14-10-. The lowest BCUT2D eigenvalue weighted by atomic mass is 10.2. The van der Waals surface area contributed by atoms with Crippen LogP contribution >= 0.6 is 23.4 Å². The van der Waals surface area contributed by atoms with Crippen LogP contribution in [0.4, 0.5) is 0 Å². The maximum absolute atomic E-state index is 12.0. The molecule has 1 N–H and O–H groups in total. The third-order valence-corrected chi connectivity index (χ3v) is 4.20. The number of nitrogens with zero attached hydrogens (tertiary/aromatic N) is 1. The first kappa shape index (κ1) is 15.5. The lowest BCUT2D eigenvalue weighted by molar-refractivity contribution is -0.115. The predicted octanol–water partition coefficient (Wildman–Crippen LogP) is 3.74. The highest BCUT2D eigenvalue weighted by molar-refractivity contribution is 8.18. The predicted molar refractivity (Wildman–Crippen MR) is 93.4 cm³/mol. The van der Waals surface area contributed by atoms with Gasteiger partial charge < -0.3 is 5.32 Å². The minimum atomic E-state index is -0.388. The molecule has 0 saturated carbocycles. The fourth-order valence-electron chi connectivity index (χ4n) is 1.93. The Kier molecular flexibility index (Phi) is 4.60. The molecule has 4 nitrogen and oxygen atoms in total. The summed E-state index contributed by atoms with van der Waals surface area (Å²) >= 11 is 6.97. The molecule has 2 aromatic rings. The maximum atomic E-state index is 12.0. The fraction of sp³-hybridized carbons (Fsp3) is 0. The average molecular weight is 343 g/mol. The highest BCUT2D eigenvalue weighted by Gasteiger charge is 2.24. The molecule has 1 heterocycles. The summed E-state index contributed by atoms with van der Waals surface area (Å²) in [5.74, 6) is -0.661. The number of aliphatic imine (C=N–C) groups is 1. The number of thioether (sulfide) groups is 1. The van der Waals surface area contributed by atoms with Gasteiger partial charge >= 0.3 is 0 Å². The summed E-state index contributed by atoms with van der Waals surface area (Å²) in [4.78, 5) is 28.4. The van der Waals surface area contributed by atoms with Crippen molar-refractivity contribution in [2.24, 2.45) is 4.99 Å². The van der Waals surface area contributed by atoms with Crippen LogP contribution in [0.3, 0.4) is 0 Å². The number of nitrogens with one attached hydrogen (secondary N) is 1. The largest absolute Gasteiger partial charge is 0.300 e. The summed E-state index contributed by atoms with van der Waals surface area (Å²) in [6.07, 6.45) is 1.73. The first-order chi connectivity index (χ1) is 11.1. The van der Waals surface area contributed by atoms with Gasteiger partial charge in [-0.15, -0.1) is 0 Å². The molecule has 1 aliphatic heterocycles. The Hall–Kier alpha value is -2.37. The van der Waals surface area contributed by atoms with Crippen LogP contribution in [0.5, 0.6) is 0 Å². The molecule has 0 aromatic heterocycles. The summed E-state index contributed by atoms with van der Waals surface area (Å²) < 4.78 is 0. The Morgan fingerprint density at radius 2 is 1.78 bits per heavy atom. The Balaban J connectivity index is 1.78. The molecular weight excluding hydrogens is 332 g/mol. The van der Waals surface area contributed by atoms with Gasteiger partial charge in [0.2, 0.25) is 0 Å². The van der Waals surface area contributed by atoms with E-state index in [2.05, 4.69) is 10.3 Å². The van der Waals surface area contributed by atoms with E-state index in [1.165, 1.54) is 0 Å². The van der Waals surface area contributed by atoms with Gasteiger partial charge in [0.1, 0.15) is 0 Å². The average Bonchev–Trinajstić information content (AvgIpc) is 2.90. The van der Waals surface area contributed by atoms with E-state index in [9.17, 15) is 9.59 Å². The van der Waals surface area contributed by atoms with E-state index < -0.39 is 0 Å². The molecule has 23 heavy (non-hydrogen) atoms. The van der Waals surface area contributed by atoms with Gasteiger partial charge in [-0.2, -0.15) is 4.99 Å². The summed E-state index contributed by atoms with van der Waals surface area (Å²) in [5, 5.41) is 3.51. The number of rotatable bonds is 2. The van der Waals surface area contributed by atoms with Crippen molar-refractivity contribution in [2.75, 3.05) is 0 Å². The van der Waals surface area contributed by atoms with Crippen molar-refractivity contribution < 1.29 is 9.59 Å². The molecule has 0 spiro atoms. The van der Waals surface area contributed by atoms with Gasteiger partial charge in [0.25, 0.3) is 11.8 Å². The number of hydrogen-bond donors (Lipinski definition) is 1. The highest BCUT2D eigenvalue weighted by atomic mass is 35.5. The molecule has 0 atom stereocenters. The smallest absolute Gasteiger partial charge is 0.279 e. The zero-order valence-corrected chi connectivity index (χ0v) is 13.4. The lowest BCUT2D eigenvalue weighted by Gasteiger charge is -1.96. The number of carbonyl (C=O) groups excluding carboxylic acids is 2. The molecular formula is C17H11ClN2O2S. The maximum Gasteiger partial charge on any atom is 0.279 e. The number of benzene rings is 2. The molecule has 6 heteroatoms. The summed E-state index contributed by atoms with van der Waals surface area (Å²) in [7, 11) is 0. The molecule has 1 aliphatic rings. The van der Waals surface area contributed by atoms with Gasteiger partial charge in [-0.1, -0.05) is 41.9 Å². The molecule has 2 amide bonds. The van der Waals surface area contributed by atoms with Crippen LogP contribution in [0, 0.1) is 0 Å². The van der Waals surface area contributed by atoms with Crippen molar-refractivity contribution in [2.45, 2.75) is 0 Å². The number of amidine groups is 1. The van der Waals surface area contributed by atoms with Crippen molar-refractivity contribution in [1.29, 1.82) is 0 Å². The van der Waals surface area contributed by atoms with E-state index in [4.69, 9.17) is 11.6 Å². The van der Waals surface area contributed by atoms with Crippen LogP contribution in [-0.2, 0) is 4.79 Å². The molecule has 0 bridgehead atoms. The molecule has 0 unspecified atom stereocenters. The van der Waals surface area contributed by atoms with Crippen LogP contribution in [0.2, 0.25) is 5.02 Å². The lowest BCUT2D eigenvalue weighted by Crippen LogP contribution is -2.20. The second-order valence-electron chi connectivity index (χ2n) is 4.70. The Labute approximate surface area is 142 Å². The van der Waals surface area contributed by atoms with E-state index in [-0.39, 0.29) is 17.0 Å². The van der Waals surface area contributed by atoms with Crippen molar-refractivity contribution in [1.82, 2.24) is 5.32 Å². The first-order valence-electron chi connectivity index (χ1n) is 6.76. The van der Waals surface area contributed by atoms with Crippen LogP contribution < -0.4 is 5.32 Å². The normalized spacial score (nSPS) is 17.5. The van der Waals surface area contributed by atoms with Gasteiger partial charge in [-0.25, -0.2) is 0 Å². The van der Waals surface area contributed by atoms with Gasteiger partial charge in [0.15, 0.2) is 5.17 Å². The number of halogens is 1. The topological polar surface area (TPSA) is 58.5 Å². The SMILES string of the molecule is O=C1NC(=NC(=O)c2ccccc2)S/C1=C\c1ccc(Cl)cc1. The number of hydrogen-bond acceptors (Lipinski definition) is 3. The third kappa shape index (κ3) is 3.88. The first-order valence-corrected chi connectivity index (χ1v) is 7.96. The molecule has 2 aromatic carbocycles. The van der Waals surface area contributed by atoms with Crippen molar-refractivity contribution in [3.05, 3.63) is 75.7 Å². The van der Waals surface area contributed by atoms with E-state index in [0.29, 0.717) is 15.5 Å². The second kappa shape index (κ2) is 6.81. The third-order valence-electron chi connectivity index (χ3n) is 3.04. The van der Waals surface area contributed by atoms with E-state index in [0.717, 1.165) is 17.3 Å². The summed E-state index contributed by atoms with van der Waals surface area (Å²) in [5.41, 5.74) is 1.33. The van der Waals surface area contributed by atoms with E-state index >= 15 is 0 Å². The fourth-order valence-corrected chi connectivity index (χ4v) is 2.87. The van der Waals surface area contributed by atoms with Gasteiger partial charge in [-0.05, 0) is 47.7 Å². The van der Waals surface area contributed by atoms with Crippen LogP contribution in [0.1, 0.15) is 15.9 Å². The summed E-state index contributed by atoms with van der Waals surface area (Å²) in [6, 6.07) is 15.8. The molecule has 0 aliphatic carbocycles. The highest BCUT2D eigenvalue weighted by Crippen LogP contribution is 2.26. The number of amides is 2. The van der Waals surface area contributed by atoms with E-state index in [1.54, 1.807) is 42.5 Å². The molecule has 114 valence electrons. The van der Waals surface area contributed by atoms with Crippen LogP contribution in [-0.4, -0.2) is 17.0 Å². The van der Waals surface area contributed by atoms with Crippen molar-refractivity contribution in [3.8, 4) is 0 Å². The van der Waals surface area contributed by atoms with Crippen molar-refractivity contribution >= 4 is 46.4 Å². The Morgan fingerprint density at radius 3 is 2.48 bits per heavy atom. The van der Waals surface area contributed by atoms with Gasteiger partial charge in [-0.3, -0.25) is 9.59 Å². The second-order valence-corrected chi connectivity index (χ2v) is 6.17. The van der Waals surface area contributed by atoms with Crippen molar-refractivity contribution in [3.63, 3.8) is 0 Å². The zero-order valence-electron chi connectivity index (χ0n) is 11.8.